The number of likely N-dealkylation sites (tertiary alicyclic amines) is 1. The number of hydrogen-bond acceptors (Lipinski definition) is 2. The van der Waals surface area contributed by atoms with Crippen molar-refractivity contribution in [2.24, 2.45) is 5.41 Å². The highest BCUT2D eigenvalue weighted by Crippen LogP contribution is 2.33. The zero-order valence-electron chi connectivity index (χ0n) is 11.8. The molecule has 100 valence electrons. The van der Waals surface area contributed by atoms with E-state index in [4.69, 9.17) is 5.73 Å². The second-order valence-electron chi connectivity index (χ2n) is 6.00. The number of nitrogens with two attached hydrogens (primary N) is 1. The summed E-state index contributed by atoms with van der Waals surface area (Å²) in [5.41, 5.74) is 8.55. The molecule has 2 rings (SSSR count). The van der Waals surface area contributed by atoms with Gasteiger partial charge in [0.25, 0.3) is 0 Å². The number of nitrogens with zero attached hydrogens (tertiary/aromatic N) is 1. The highest BCUT2D eigenvalue weighted by molar-refractivity contribution is 5.39. The second-order valence-corrected chi connectivity index (χ2v) is 6.00. The quantitative estimate of drug-likeness (QED) is 0.826. The van der Waals surface area contributed by atoms with Crippen LogP contribution in [0.3, 0.4) is 0 Å². The zero-order chi connectivity index (χ0) is 13.0. The van der Waals surface area contributed by atoms with Crippen LogP contribution in [-0.4, -0.2) is 24.5 Å². The highest BCUT2D eigenvalue weighted by Gasteiger charge is 2.27. The van der Waals surface area contributed by atoms with Crippen LogP contribution in [0.15, 0.2) is 24.3 Å². The molecule has 2 N–H and O–H groups in total. The lowest BCUT2D eigenvalue weighted by Gasteiger charge is -2.39. The average Bonchev–Trinajstić information content (AvgIpc) is 2.40. The van der Waals surface area contributed by atoms with E-state index in [2.05, 4.69) is 30.9 Å². The summed E-state index contributed by atoms with van der Waals surface area (Å²) >= 11 is 0. The molecule has 1 aliphatic heterocycles. The molecule has 0 aromatic heterocycles. The summed E-state index contributed by atoms with van der Waals surface area (Å²) in [6.45, 7) is 8.47. The van der Waals surface area contributed by atoms with E-state index in [9.17, 15) is 0 Å². The molecule has 2 heteroatoms. The van der Waals surface area contributed by atoms with Crippen LogP contribution in [0.1, 0.15) is 38.7 Å². The fourth-order valence-electron chi connectivity index (χ4n) is 2.64. The average molecular weight is 246 g/mol. The zero-order valence-corrected chi connectivity index (χ0v) is 11.8. The Morgan fingerprint density at radius 2 is 1.78 bits per heavy atom. The molecule has 0 unspecified atom stereocenters. The van der Waals surface area contributed by atoms with Gasteiger partial charge >= 0.3 is 0 Å². The van der Waals surface area contributed by atoms with Gasteiger partial charge < -0.3 is 10.6 Å². The van der Waals surface area contributed by atoms with Gasteiger partial charge in [-0.3, -0.25) is 0 Å². The van der Waals surface area contributed by atoms with Gasteiger partial charge in [0.05, 0.1) is 0 Å². The van der Waals surface area contributed by atoms with Crippen LogP contribution in [0.4, 0.5) is 5.69 Å². The van der Waals surface area contributed by atoms with Gasteiger partial charge in [-0.25, -0.2) is 0 Å². The molecule has 2 nitrogen and oxygen atoms in total. The van der Waals surface area contributed by atoms with E-state index in [0.717, 1.165) is 12.1 Å². The Morgan fingerprint density at radius 1 is 1.17 bits per heavy atom. The summed E-state index contributed by atoms with van der Waals surface area (Å²) < 4.78 is 0. The van der Waals surface area contributed by atoms with Crippen molar-refractivity contribution in [3.8, 4) is 0 Å². The Labute approximate surface area is 111 Å². The molecule has 1 aromatic rings. The van der Waals surface area contributed by atoms with Gasteiger partial charge in [-0.2, -0.15) is 0 Å². The topological polar surface area (TPSA) is 29.3 Å². The van der Waals surface area contributed by atoms with Crippen LogP contribution >= 0.6 is 0 Å². The lowest BCUT2D eigenvalue weighted by Crippen LogP contribution is -2.39. The minimum absolute atomic E-state index is 0.595. The third-order valence-corrected chi connectivity index (χ3v) is 4.61. The molecule has 1 heterocycles. The van der Waals surface area contributed by atoms with Gasteiger partial charge in [0, 0.05) is 12.2 Å². The molecule has 0 spiro atoms. The van der Waals surface area contributed by atoms with E-state index in [1.165, 1.54) is 44.5 Å². The Hall–Kier alpha value is -1.02. The summed E-state index contributed by atoms with van der Waals surface area (Å²) in [5.74, 6) is 0. The number of benzene rings is 1. The largest absolute Gasteiger partial charge is 0.399 e. The molecule has 1 fully saturated rings. The molecule has 0 atom stereocenters. The molecule has 1 aromatic carbocycles. The number of hydrogen-bond donors (Lipinski definition) is 1. The third kappa shape index (κ3) is 3.49. The van der Waals surface area contributed by atoms with Gasteiger partial charge in [0.15, 0.2) is 0 Å². The second kappa shape index (κ2) is 5.75. The van der Waals surface area contributed by atoms with Crippen LogP contribution in [0.5, 0.6) is 0 Å². The molecule has 1 saturated heterocycles. The molecule has 1 aliphatic rings. The standard InChI is InChI=1S/C16H26N2/c1-3-16(2)9-12-18(13-10-16)11-8-14-4-6-15(17)7-5-14/h4-7H,3,8-13,17H2,1-2H3. The van der Waals surface area contributed by atoms with E-state index in [-0.39, 0.29) is 0 Å². The van der Waals surface area contributed by atoms with Crippen molar-refractivity contribution in [1.82, 2.24) is 4.90 Å². The van der Waals surface area contributed by atoms with E-state index >= 15 is 0 Å². The van der Waals surface area contributed by atoms with Crippen molar-refractivity contribution in [3.05, 3.63) is 29.8 Å². The number of anilines is 1. The van der Waals surface area contributed by atoms with Crippen LogP contribution in [0, 0.1) is 5.41 Å². The van der Waals surface area contributed by atoms with Crippen LogP contribution in [-0.2, 0) is 6.42 Å². The van der Waals surface area contributed by atoms with E-state index < -0.39 is 0 Å². The number of nitrogen functional groups attached to an aromatic ring is 1. The summed E-state index contributed by atoms with van der Waals surface area (Å²) in [6.07, 6.45) is 5.17. The van der Waals surface area contributed by atoms with Crippen LogP contribution in [0.25, 0.3) is 0 Å². The Bertz CT molecular complexity index is 361. The van der Waals surface area contributed by atoms with Crippen molar-refractivity contribution >= 4 is 5.69 Å². The smallest absolute Gasteiger partial charge is 0.0314 e. The first-order valence-electron chi connectivity index (χ1n) is 7.18. The van der Waals surface area contributed by atoms with E-state index in [1.54, 1.807) is 0 Å². The Kier molecular flexibility index (Phi) is 4.28. The van der Waals surface area contributed by atoms with Crippen molar-refractivity contribution in [2.75, 3.05) is 25.4 Å². The lowest BCUT2D eigenvalue weighted by atomic mass is 9.78. The molecule has 18 heavy (non-hydrogen) atoms. The maximum Gasteiger partial charge on any atom is 0.0314 e. The van der Waals surface area contributed by atoms with Gasteiger partial charge in [0.2, 0.25) is 0 Å². The van der Waals surface area contributed by atoms with Gasteiger partial charge in [-0.1, -0.05) is 32.4 Å². The summed E-state index contributed by atoms with van der Waals surface area (Å²) in [4.78, 5) is 2.60. The Balaban J connectivity index is 1.77. The van der Waals surface area contributed by atoms with Crippen molar-refractivity contribution in [2.45, 2.75) is 39.5 Å². The van der Waals surface area contributed by atoms with E-state index in [1.807, 2.05) is 12.1 Å². The first-order chi connectivity index (χ1) is 8.61. The minimum atomic E-state index is 0.595. The SMILES string of the molecule is CCC1(C)CCN(CCc2ccc(N)cc2)CC1. The molecule has 0 bridgehead atoms. The predicted molar refractivity (Wildman–Crippen MR) is 78.6 cm³/mol. The lowest BCUT2D eigenvalue weighted by molar-refractivity contribution is 0.116. The Morgan fingerprint density at radius 3 is 2.33 bits per heavy atom. The number of rotatable bonds is 4. The van der Waals surface area contributed by atoms with Crippen molar-refractivity contribution < 1.29 is 0 Å². The molecule has 0 aliphatic carbocycles. The first kappa shape index (κ1) is 13.4. The maximum atomic E-state index is 5.70. The van der Waals surface area contributed by atoms with Gasteiger partial charge in [0.1, 0.15) is 0 Å². The fourth-order valence-corrected chi connectivity index (χ4v) is 2.64. The summed E-state index contributed by atoms with van der Waals surface area (Å²) in [5, 5.41) is 0. The van der Waals surface area contributed by atoms with Gasteiger partial charge in [-0.15, -0.1) is 0 Å². The predicted octanol–water partition coefficient (Wildman–Crippen LogP) is 3.32. The normalized spacial score (nSPS) is 19.9. The highest BCUT2D eigenvalue weighted by atomic mass is 15.1. The van der Waals surface area contributed by atoms with Crippen molar-refractivity contribution in [3.63, 3.8) is 0 Å². The molecular formula is C16H26N2. The first-order valence-corrected chi connectivity index (χ1v) is 7.18. The van der Waals surface area contributed by atoms with Crippen molar-refractivity contribution in [1.29, 1.82) is 0 Å². The number of piperidine rings is 1. The van der Waals surface area contributed by atoms with Crippen LogP contribution in [0.2, 0.25) is 0 Å². The molecule has 0 amide bonds. The van der Waals surface area contributed by atoms with E-state index in [0.29, 0.717) is 5.41 Å². The molecule has 0 radical (unpaired) electrons. The summed E-state index contributed by atoms with van der Waals surface area (Å²) in [7, 11) is 0. The third-order valence-electron chi connectivity index (χ3n) is 4.61. The van der Waals surface area contributed by atoms with Crippen LogP contribution < -0.4 is 5.73 Å². The van der Waals surface area contributed by atoms with Gasteiger partial charge in [-0.05, 0) is 55.5 Å². The minimum Gasteiger partial charge on any atom is -0.399 e. The monoisotopic (exact) mass is 246 g/mol. The maximum absolute atomic E-state index is 5.70. The molecule has 0 saturated carbocycles. The fraction of sp³-hybridized carbons (Fsp3) is 0.625. The molecular weight excluding hydrogens is 220 g/mol. The summed E-state index contributed by atoms with van der Waals surface area (Å²) in [6, 6.07) is 8.30.